The van der Waals surface area contributed by atoms with Crippen molar-refractivity contribution in [1.82, 2.24) is 0 Å². The van der Waals surface area contributed by atoms with Crippen molar-refractivity contribution >= 4 is 17.5 Å². The number of allylic oxidation sites excluding steroid dienone is 2. The van der Waals surface area contributed by atoms with Gasteiger partial charge in [0.15, 0.2) is 5.78 Å². The molecule has 0 fully saturated rings. The van der Waals surface area contributed by atoms with Gasteiger partial charge in [-0.05, 0) is 13.0 Å². The zero-order chi connectivity index (χ0) is 17.8. The molecule has 2 aromatic rings. The molecular weight excluding hydrogens is 316 g/mol. The van der Waals surface area contributed by atoms with Crippen molar-refractivity contribution in [1.29, 1.82) is 0 Å². The van der Waals surface area contributed by atoms with Crippen molar-refractivity contribution in [2.45, 2.75) is 13.0 Å². The van der Waals surface area contributed by atoms with E-state index in [0.29, 0.717) is 22.5 Å². The molecule has 1 aliphatic heterocycles. The number of esters is 1. The molecule has 1 unspecified atom stereocenters. The van der Waals surface area contributed by atoms with Gasteiger partial charge in [0.2, 0.25) is 0 Å². The van der Waals surface area contributed by atoms with E-state index in [1.807, 2.05) is 36.4 Å². The van der Waals surface area contributed by atoms with Crippen LogP contribution in [0, 0.1) is 0 Å². The van der Waals surface area contributed by atoms with Crippen LogP contribution in [0.15, 0.2) is 77.9 Å². The average Bonchev–Trinajstić information content (AvgIpc) is 2.68. The van der Waals surface area contributed by atoms with Crippen LogP contribution in [0.2, 0.25) is 0 Å². The van der Waals surface area contributed by atoms with Crippen LogP contribution in [0.5, 0.6) is 0 Å². The van der Waals surface area contributed by atoms with E-state index < -0.39 is 12.1 Å². The minimum atomic E-state index is -0.505. The van der Waals surface area contributed by atoms with Crippen LogP contribution in [0.25, 0.3) is 5.76 Å². The molecule has 0 amide bonds. The summed E-state index contributed by atoms with van der Waals surface area (Å²) in [5.41, 5.74) is 1.98. The lowest BCUT2D eigenvalue weighted by Gasteiger charge is -2.25. The molecule has 0 aliphatic carbocycles. The highest BCUT2D eigenvalue weighted by molar-refractivity contribution is 6.15. The van der Waals surface area contributed by atoms with Crippen LogP contribution in [-0.2, 0) is 14.3 Å². The Morgan fingerprint density at radius 1 is 0.960 bits per heavy atom. The Hall–Kier alpha value is -3.14. The summed E-state index contributed by atoms with van der Waals surface area (Å²) < 4.78 is 10.8. The lowest BCUT2D eigenvalue weighted by molar-refractivity contribution is -0.137. The van der Waals surface area contributed by atoms with Crippen LogP contribution >= 0.6 is 0 Å². The predicted molar refractivity (Wildman–Crippen MR) is 94.8 cm³/mol. The molecule has 0 N–H and O–H groups in total. The maximum Gasteiger partial charge on any atom is 0.337 e. The first-order valence-electron chi connectivity index (χ1n) is 7.98. The SMILES string of the molecule is COC(=O)C1=CC(C(=O)c2ccccc2)=C(c2ccccc2)OC1C. The molecule has 1 heterocycles. The average molecular weight is 334 g/mol. The summed E-state index contributed by atoms with van der Waals surface area (Å²) in [5, 5.41) is 0. The Morgan fingerprint density at radius 2 is 1.56 bits per heavy atom. The van der Waals surface area contributed by atoms with Crippen LogP contribution in [0.3, 0.4) is 0 Å². The minimum absolute atomic E-state index is 0.201. The van der Waals surface area contributed by atoms with Gasteiger partial charge in [0.25, 0.3) is 0 Å². The number of rotatable bonds is 4. The van der Waals surface area contributed by atoms with E-state index >= 15 is 0 Å². The van der Waals surface area contributed by atoms with Crippen molar-refractivity contribution in [3.63, 3.8) is 0 Å². The second kappa shape index (κ2) is 7.18. The van der Waals surface area contributed by atoms with E-state index in [9.17, 15) is 9.59 Å². The van der Waals surface area contributed by atoms with E-state index in [0.717, 1.165) is 5.56 Å². The molecule has 0 saturated carbocycles. The van der Waals surface area contributed by atoms with Gasteiger partial charge in [-0.3, -0.25) is 4.79 Å². The summed E-state index contributed by atoms with van der Waals surface area (Å²) in [4.78, 5) is 25.0. The first-order chi connectivity index (χ1) is 12.1. The summed E-state index contributed by atoms with van der Waals surface area (Å²) in [6.45, 7) is 1.76. The smallest absolute Gasteiger partial charge is 0.337 e. The zero-order valence-corrected chi connectivity index (χ0v) is 14.1. The Bertz CT molecular complexity index is 848. The molecule has 2 aromatic carbocycles. The van der Waals surface area contributed by atoms with E-state index in [1.54, 1.807) is 37.3 Å². The lowest BCUT2D eigenvalue weighted by Crippen LogP contribution is -2.25. The number of hydrogen-bond acceptors (Lipinski definition) is 4. The number of methoxy groups -OCH3 is 1. The standard InChI is InChI=1S/C21H18O4/c1-14-17(21(23)24-2)13-18(19(22)15-9-5-3-6-10-15)20(25-14)16-11-7-4-8-12-16/h3-14H,1-2H3. The molecule has 0 aromatic heterocycles. The number of ketones is 1. The maximum atomic E-state index is 13.0. The number of benzene rings is 2. The fourth-order valence-electron chi connectivity index (χ4n) is 2.71. The number of Topliss-reactive ketones (excluding diaryl/α,β-unsaturated/α-hetero) is 1. The summed E-state index contributed by atoms with van der Waals surface area (Å²) in [6, 6.07) is 18.3. The molecule has 4 nitrogen and oxygen atoms in total. The Kier molecular flexibility index (Phi) is 4.80. The number of carbonyl (C=O) groups is 2. The number of hydrogen-bond donors (Lipinski definition) is 0. The first kappa shape index (κ1) is 16.7. The van der Waals surface area contributed by atoms with Gasteiger partial charge < -0.3 is 9.47 Å². The Balaban J connectivity index is 2.16. The van der Waals surface area contributed by atoms with Gasteiger partial charge in [-0.15, -0.1) is 0 Å². The lowest BCUT2D eigenvalue weighted by atomic mass is 9.94. The third-order valence-corrected chi connectivity index (χ3v) is 4.01. The third kappa shape index (κ3) is 3.38. The normalized spacial score (nSPS) is 16.7. The molecule has 1 aliphatic rings. The van der Waals surface area contributed by atoms with Crippen molar-refractivity contribution in [2.24, 2.45) is 0 Å². The van der Waals surface area contributed by atoms with Gasteiger partial charge in [0.05, 0.1) is 18.3 Å². The second-order valence-electron chi connectivity index (χ2n) is 5.66. The van der Waals surface area contributed by atoms with Crippen LogP contribution < -0.4 is 0 Å². The molecule has 0 radical (unpaired) electrons. The van der Waals surface area contributed by atoms with Crippen LogP contribution in [0.4, 0.5) is 0 Å². The largest absolute Gasteiger partial charge is 0.484 e. The monoisotopic (exact) mass is 334 g/mol. The Morgan fingerprint density at radius 3 is 2.16 bits per heavy atom. The molecule has 0 saturated heterocycles. The van der Waals surface area contributed by atoms with Gasteiger partial charge in [-0.2, -0.15) is 0 Å². The fourth-order valence-corrected chi connectivity index (χ4v) is 2.71. The minimum Gasteiger partial charge on any atom is -0.484 e. The van der Waals surface area contributed by atoms with Gasteiger partial charge in [0, 0.05) is 11.1 Å². The molecule has 3 rings (SSSR count). The summed E-state index contributed by atoms with van der Waals surface area (Å²) in [5.74, 6) is -0.236. The summed E-state index contributed by atoms with van der Waals surface area (Å²) in [6.07, 6.45) is 1.08. The van der Waals surface area contributed by atoms with Gasteiger partial charge in [-0.1, -0.05) is 60.7 Å². The fraction of sp³-hybridized carbons (Fsp3) is 0.143. The molecule has 25 heavy (non-hydrogen) atoms. The van der Waals surface area contributed by atoms with Crippen molar-refractivity contribution in [2.75, 3.05) is 7.11 Å². The second-order valence-corrected chi connectivity index (χ2v) is 5.66. The first-order valence-corrected chi connectivity index (χ1v) is 7.98. The molecule has 1 atom stereocenters. The van der Waals surface area contributed by atoms with Crippen molar-refractivity contribution < 1.29 is 19.1 Å². The van der Waals surface area contributed by atoms with Crippen molar-refractivity contribution in [3.05, 3.63) is 89.0 Å². The zero-order valence-electron chi connectivity index (χ0n) is 14.1. The third-order valence-electron chi connectivity index (χ3n) is 4.01. The molecule has 0 spiro atoms. The number of ether oxygens (including phenoxy) is 2. The van der Waals surface area contributed by atoms with Crippen LogP contribution in [-0.4, -0.2) is 25.0 Å². The molecular formula is C21H18O4. The summed E-state index contributed by atoms with van der Waals surface area (Å²) >= 11 is 0. The molecule has 4 heteroatoms. The number of carbonyl (C=O) groups excluding carboxylic acids is 2. The van der Waals surface area contributed by atoms with E-state index in [-0.39, 0.29) is 5.78 Å². The van der Waals surface area contributed by atoms with E-state index in [1.165, 1.54) is 7.11 Å². The van der Waals surface area contributed by atoms with Gasteiger partial charge >= 0.3 is 5.97 Å². The van der Waals surface area contributed by atoms with Crippen molar-refractivity contribution in [3.8, 4) is 0 Å². The maximum absolute atomic E-state index is 13.0. The quantitative estimate of drug-likeness (QED) is 0.630. The van der Waals surface area contributed by atoms with Crippen LogP contribution in [0.1, 0.15) is 22.8 Å². The summed E-state index contributed by atoms with van der Waals surface area (Å²) in [7, 11) is 1.31. The van der Waals surface area contributed by atoms with Gasteiger partial charge in [0.1, 0.15) is 11.9 Å². The van der Waals surface area contributed by atoms with E-state index in [2.05, 4.69) is 0 Å². The highest BCUT2D eigenvalue weighted by Gasteiger charge is 2.30. The highest BCUT2D eigenvalue weighted by Crippen LogP contribution is 2.32. The molecule has 126 valence electrons. The van der Waals surface area contributed by atoms with Gasteiger partial charge in [-0.25, -0.2) is 4.79 Å². The molecule has 0 bridgehead atoms. The van der Waals surface area contributed by atoms with E-state index in [4.69, 9.17) is 9.47 Å². The Labute approximate surface area is 146 Å². The highest BCUT2D eigenvalue weighted by atomic mass is 16.5. The predicted octanol–water partition coefficient (Wildman–Crippen LogP) is 3.80. The topological polar surface area (TPSA) is 52.6 Å².